The Morgan fingerprint density at radius 2 is 0.982 bits per heavy atom. The lowest BCUT2D eigenvalue weighted by molar-refractivity contribution is -0.305. The maximum absolute atomic E-state index is 12.8. The van der Waals surface area contributed by atoms with Crippen molar-refractivity contribution in [3.05, 3.63) is 12.2 Å². The fourth-order valence-corrected chi connectivity index (χ4v) is 7.43. The second kappa shape index (κ2) is 39.4. The predicted molar refractivity (Wildman–Crippen MR) is 229 cm³/mol. The highest BCUT2D eigenvalue weighted by atomic mass is 16.7. The quantitative estimate of drug-likeness (QED) is 0.0271. The zero-order valence-corrected chi connectivity index (χ0v) is 36.4. The van der Waals surface area contributed by atoms with Crippen LogP contribution in [0.2, 0.25) is 0 Å². The first kappa shape index (κ1) is 52.9. The second-order valence-corrected chi connectivity index (χ2v) is 16.6. The molecule has 0 bridgehead atoms. The number of carbonyl (C=O) groups excluding carboxylic acids is 1. The lowest BCUT2D eigenvalue weighted by Crippen LogP contribution is -2.59. The number of hydrogen-bond acceptors (Lipinski definition) is 9. The summed E-state index contributed by atoms with van der Waals surface area (Å²) in [5, 5.41) is 40.1. The molecule has 0 aromatic rings. The third kappa shape index (κ3) is 30.0. The largest absolute Gasteiger partial charge is 0.457 e. The van der Waals surface area contributed by atoms with E-state index in [1.54, 1.807) is 0 Å². The van der Waals surface area contributed by atoms with Gasteiger partial charge in [0.05, 0.1) is 19.8 Å². The maximum Gasteiger partial charge on any atom is 0.306 e. The van der Waals surface area contributed by atoms with Crippen LogP contribution in [0.15, 0.2) is 12.2 Å². The molecule has 9 heteroatoms. The van der Waals surface area contributed by atoms with Gasteiger partial charge in [0.2, 0.25) is 0 Å². The number of hydrogen-bond donors (Lipinski definition) is 4. The average molecular weight is 799 g/mol. The van der Waals surface area contributed by atoms with Crippen LogP contribution < -0.4 is 0 Å². The van der Waals surface area contributed by atoms with Gasteiger partial charge < -0.3 is 39.4 Å². The summed E-state index contributed by atoms with van der Waals surface area (Å²) in [6, 6.07) is 0. The number of unbranched alkanes of at least 4 members (excludes halogenated alkanes) is 28. The van der Waals surface area contributed by atoms with E-state index in [1.807, 2.05) is 0 Å². The van der Waals surface area contributed by atoms with E-state index in [2.05, 4.69) is 26.0 Å². The average Bonchev–Trinajstić information content (AvgIpc) is 3.20. The van der Waals surface area contributed by atoms with Gasteiger partial charge in [-0.1, -0.05) is 187 Å². The Bertz CT molecular complexity index is 869. The SMILES string of the molecule is CCCCCCCCC/C=C\CCCCCCCCCCOCC(COC1OC(CO)C(O)C(O)C1O)OC(=O)CCCCCCCCCCCCCCCC. The number of aliphatic hydroxyl groups excluding tert-OH is 4. The monoisotopic (exact) mass is 799 g/mol. The Hall–Kier alpha value is -1.07. The lowest BCUT2D eigenvalue weighted by Gasteiger charge is -2.39. The first-order valence-corrected chi connectivity index (χ1v) is 23.8. The van der Waals surface area contributed by atoms with Crippen LogP contribution in [0.1, 0.15) is 219 Å². The van der Waals surface area contributed by atoms with Crippen LogP contribution in [0.4, 0.5) is 0 Å². The molecule has 1 aliphatic rings. The van der Waals surface area contributed by atoms with Gasteiger partial charge in [-0.05, 0) is 38.5 Å². The van der Waals surface area contributed by atoms with Gasteiger partial charge in [-0.2, -0.15) is 0 Å². The van der Waals surface area contributed by atoms with Gasteiger partial charge >= 0.3 is 5.97 Å². The van der Waals surface area contributed by atoms with Crippen molar-refractivity contribution in [2.75, 3.05) is 26.4 Å². The van der Waals surface area contributed by atoms with Gasteiger partial charge in [-0.15, -0.1) is 0 Å². The molecule has 0 aromatic carbocycles. The Morgan fingerprint density at radius 3 is 1.45 bits per heavy atom. The summed E-state index contributed by atoms with van der Waals surface area (Å²) in [7, 11) is 0. The Kier molecular flexibility index (Phi) is 37.2. The molecule has 1 rings (SSSR count). The second-order valence-electron chi connectivity index (χ2n) is 16.6. The summed E-state index contributed by atoms with van der Waals surface area (Å²) in [6.07, 6.45) is 36.6. The molecule has 0 amide bonds. The Morgan fingerprint density at radius 1 is 0.554 bits per heavy atom. The first-order chi connectivity index (χ1) is 27.4. The van der Waals surface area contributed by atoms with Crippen LogP contribution in [0.3, 0.4) is 0 Å². The van der Waals surface area contributed by atoms with E-state index in [4.69, 9.17) is 18.9 Å². The van der Waals surface area contributed by atoms with Crippen molar-refractivity contribution in [3.8, 4) is 0 Å². The van der Waals surface area contributed by atoms with Crippen molar-refractivity contribution in [2.24, 2.45) is 0 Å². The van der Waals surface area contributed by atoms with Crippen LogP contribution in [0, 0.1) is 0 Å². The minimum Gasteiger partial charge on any atom is -0.457 e. The van der Waals surface area contributed by atoms with Crippen LogP contribution in [-0.2, 0) is 23.7 Å². The van der Waals surface area contributed by atoms with Crippen LogP contribution in [-0.4, -0.2) is 89.6 Å². The fourth-order valence-electron chi connectivity index (χ4n) is 7.43. The normalized spacial score (nSPS) is 20.6. The van der Waals surface area contributed by atoms with Crippen LogP contribution in [0.25, 0.3) is 0 Å². The minimum absolute atomic E-state index is 0.109. The molecule has 1 heterocycles. The van der Waals surface area contributed by atoms with Crippen molar-refractivity contribution < 1.29 is 44.2 Å². The van der Waals surface area contributed by atoms with Gasteiger partial charge in [0.25, 0.3) is 0 Å². The summed E-state index contributed by atoms with van der Waals surface area (Å²) >= 11 is 0. The molecule has 6 unspecified atom stereocenters. The molecule has 0 radical (unpaired) electrons. The van der Waals surface area contributed by atoms with Crippen molar-refractivity contribution in [1.82, 2.24) is 0 Å². The molecule has 1 saturated heterocycles. The van der Waals surface area contributed by atoms with Gasteiger partial charge in [-0.25, -0.2) is 0 Å². The smallest absolute Gasteiger partial charge is 0.306 e. The summed E-state index contributed by atoms with van der Waals surface area (Å²) in [5.74, 6) is -0.311. The van der Waals surface area contributed by atoms with E-state index < -0.39 is 43.4 Å². The summed E-state index contributed by atoms with van der Waals surface area (Å²) in [6.45, 7) is 4.58. The molecular formula is C47H90O9. The van der Waals surface area contributed by atoms with E-state index in [-0.39, 0.29) is 19.2 Å². The Labute approximate surface area is 344 Å². The van der Waals surface area contributed by atoms with E-state index in [1.165, 1.54) is 167 Å². The van der Waals surface area contributed by atoms with Gasteiger partial charge in [0, 0.05) is 13.0 Å². The zero-order chi connectivity index (χ0) is 40.7. The summed E-state index contributed by atoms with van der Waals surface area (Å²) in [5.41, 5.74) is 0. The number of allylic oxidation sites excluding steroid dienone is 2. The molecule has 0 aromatic heterocycles. The third-order valence-corrected chi connectivity index (χ3v) is 11.2. The maximum atomic E-state index is 12.8. The van der Waals surface area contributed by atoms with Crippen molar-refractivity contribution in [1.29, 1.82) is 0 Å². The molecular weight excluding hydrogens is 709 g/mol. The minimum atomic E-state index is -1.53. The highest BCUT2D eigenvalue weighted by molar-refractivity contribution is 5.69. The fraction of sp³-hybridized carbons (Fsp3) is 0.936. The topological polar surface area (TPSA) is 135 Å². The van der Waals surface area contributed by atoms with Crippen molar-refractivity contribution in [3.63, 3.8) is 0 Å². The molecule has 1 aliphatic heterocycles. The standard InChI is InChI=1S/C47H90O9/c1-3-5-7-9-11-13-15-17-19-20-21-22-23-25-27-29-31-33-35-37-53-39-41(40-54-47-46(52)45(51)44(50)42(38-48)56-47)55-43(49)36-34-32-30-28-26-24-18-16-14-12-10-8-6-4-2/h19-20,41-42,44-48,50-52H,3-18,21-40H2,1-2H3/b20-19-. The summed E-state index contributed by atoms with van der Waals surface area (Å²) < 4.78 is 22.8. The molecule has 1 fully saturated rings. The van der Waals surface area contributed by atoms with Crippen molar-refractivity contribution in [2.45, 2.75) is 256 Å². The lowest BCUT2D eigenvalue weighted by atomic mass is 9.99. The number of aliphatic hydroxyl groups is 4. The number of rotatable bonds is 41. The molecule has 6 atom stereocenters. The molecule has 332 valence electrons. The highest BCUT2D eigenvalue weighted by Crippen LogP contribution is 2.23. The van der Waals surface area contributed by atoms with Gasteiger partial charge in [0.1, 0.15) is 30.5 Å². The van der Waals surface area contributed by atoms with Crippen LogP contribution >= 0.6 is 0 Å². The molecule has 0 saturated carbocycles. The van der Waals surface area contributed by atoms with Gasteiger partial charge in [0.15, 0.2) is 6.29 Å². The van der Waals surface area contributed by atoms with Crippen molar-refractivity contribution >= 4 is 5.97 Å². The van der Waals surface area contributed by atoms with E-state index >= 15 is 0 Å². The molecule has 56 heavy (non-hydrogen) atoms. The van der Waals surface area contributed by atoms with Gasteiger partial charge in [-0.3, -0.25) is 4.79 Å². The first-order valence-electron chi connectivity index (χ1n) is 23.8. The number of esters is 1. The van der Waals surface area contributed by atoms with E-state index in [0.717, 1.165) is 32.1 Å². The number of carbonyl (C=O) groups is 1. The van der Waals surface area contributed by atoms with E-state index in [0.29, 0.717) is 13.0 Å². The highest BCUT2D eigenvalue weighted by Gasteiger charge is 2.44. The zero-order valence-electron chi connectivity index (χ0n) is 36.4. The predicted octanol–water partition coefficient (Wildman–Crippen LogP) is 10.8. The number of ether oxygens (including phenoxy) is 4. The molecule has 9 nitrogen and oxygen atoms in total. The van der Waals surface area contributed by atoms with E-state index in [9.17, 15) is 25.2 Å². The summed E-state index contributed by atoms with van der Waals surface area (Å²) in [4.78, 5) is 12.8. The molecule has 0 aliphatic carbocycles. The van der Waals surface area contributed by atoms with Crippen LogP contribution in [0.5, 0.6) is 0 Å². The molecule has 4 N–H and O–H groups in total. The third-order valence-electron chi connectivity index (χ3n) is 11.2. The molecule has 0 spiro atoms. The Balaban J connectivity index is 2.22.